The van der Waals surface area contributed by atoms with E-state index in [0.29, 0.717) is 36.3 Å². The number of aryl methyl sites for hydroxylation is 1. The topological polar surface area (TPSA) is 90.8 Å². The molecule has 32 heavy (non-hydrogen) atoms. The van der Waals surface area contributed by atoms with Crippen molar-refractivity contribution in [1.29, 1.82) is 0 Å². The van der Waals surface area contributed by atoms with Gasteiger partial charge in [0.25, 0.3) is 5.91 Å². The van der Waals surface area contributed by atoms with Gasteiger partial charge in [-0.1, -0.05) is 0 Å². The van der Waals surface area contributed by atoms with Gasteiger partial charge in [-0.25, -0.2) is 4.39 Å². The van der Waals surface area contributed by atoms with Crippen molar-refractivity contribution in [3.05, 3.63) is 47.0 Å². The van der Waals surface area contributed by atoms with Gasteiger partial charge in [0.15, 0.2) is 0 Å². The second kappa shape index (κ2) is 8.01. The summed E-state index contributed by atoms with van der Waals surface area (Å²) in [5.41, 5.74) is 2.63. The molecule has 5 rings (SSSR count). The molecule has 10 heteroatoms. The molecular formula is C22H25FN6O3. The zero-order valence-electron chi connectivity index (χ0n) is 17.9. The van der Waals surface area contributed by atoms with Crippen LogP contribution in [0.2, 0.25) is 0 Å². The average molecular weight is 440 g/mol. The molecule has 0 spiro atoms. The molecule has 3 amide bonds. The standard InChI is InChI=1S/C22H25FN6O3/c1-26-15(4-5-24-26)13-27-6-8-28(9-7-27)19-10-14-12-29(22(32)16(14)11-17(19)23)18-2-3-20(30)25-21(18)31/h4-5,10-11,18H,2-3,6-9,12-13H2,1H3,(H,25,30,31). The van der Waals surface area contributed by atoms with Crippen LogP contribution in [0, 0.1) is 5.82 Å². The SMILES string of the molecule is Cn1nccc1CN1CCN(c2cc3c(cc2F)C(=O)N(C2CCC(=O)NC2=O)C3)CC1. The number of fused-ring (bicyclic) bond motifs is 1. The lowest BCUT2D eigenvalue weighted by Gasteiger charge is -2.36. The molecule has 4 heterocycles. The van der Waals surface area contributed by atoms with E-state index >= 15 is 0 Å². The molecule has 0 bridgehead atoms. The number of rotatable bonds is 4. The lowest BCUT2D eigenvalue weighted by Crippen LogP contribution is -2.52. The summed E-state index contributed by atoms with van der Waals surface area (Å²) in [7, 11) is 1.92. The number of imide groups is 1. The fourth-order valence-electron chi connectivity index (χ4n) is 4.75. The van der Waals surface area contributed by atoms with E-state index in [2.05, 4.69) is 15.3 Å². The van der Waals surface area contributed by atoms with Crippen molar-refractivity contribution in [2.75, 3.05) is 31.1 Å². The molecule has 9 nitrogen and oxygen atoms in total. The van der Waals surface area contributed by atoms with Crippen molar-refractivity contribution >= 4 is 23.4 Å². The molecular weight excluding hydrogens is 415 g/mol. The highest BCUT2D eigenvalue weighted by Crippen LogP contribution is 2.33. The van der Waals surface area contributed by atoms with Crippen molar-refractivity contribution in [3.63, 3.8) is 0 Å². The lowest BCUT2D eigenvalue weighted by atomic mass is 10.0. The molecule has 2 fully saturated rings. The fourth-order valence-corrected chi connectivity index (χ4v) is 4.75. The number of halogens is 1. The minimum Gasteiger partial charge on any atom is -0.367 e. The molecule has 1 unspecified atom stereocenters. The Labute approximate surface area is 184 Å². The van der Waals surface area contributed by atoms with Crippen LogP contribution < -0.4 is 10.2 Å². The summed E-state index contributed by atoms with van der Waals surface area (Å²) < 4.78 is 16.9. The third-order valence-electron chi connectivity index (χ3n) is 6.61. The number of amides is 3. The zero-order valence-corrected chi connectivity index (χ0v) is 17.9. The van der Waals surface area contributed by atoms with E-state index in [9.17, 15) is 18.8 Å². The Morgan fingerprint density at radius 2 is 1.94 bits per heavy atom. The number of hydrogen-bond donors (Lipinski definition) is 1. The number of piperidine rings is 1. The van der Waals surface area contributed by atoms with Gasteiger partial charge < -0.3 is 9.80 Å². The second-order valence-corrected chi connectivity index (χ2v) is 8.57. The summed E-state index contributed by atoms with van der Waals surface area (Å²) in [6.45, 7) is 3.99. The van der Waals surface area contributed by atoms with Crippen molar-refractivity contribution in [2.45, 2.75) is 32.0 Å². The van der Waals surface area contributed by atoms with Crippen LogP contribution >= 0.6 is 0 Å². The Bertz CT molecular complexity index is 1090. The maximum Gasteiger partial charge on any atom is 0.255 e. The summed E-state index contributed by atoms with van der Waals surface area (Å²) in [4.78, 5) is 42.3. The molecule has 1 aromatic heterocycles. The normalized spacial score (nSPS) is 21.8. The predicted molar refractivity (Wildman–Crippen MR) is 113 cm³/mol. The molecule has 2 saturated heterocycles. The van der Waals surface area contributed by atoms with Gasteiger partial charge in [-0.3, -0.25) is 29.3 Å². The summed E-state index contributed by atoms with van der Waals surface area (Å²) in [5.74, 6) is -1.58. The molecule has 1 N–H and O–H groups in total. The third kappa shape index (κ3) is 3.64. The number of carbonyl (C=O) groups excluding carboxylic acids is 3. The van der Waals surface area contributed by atoms with E-state index in [-0.39, 0.29) is 24.8 Å². The van der Waals surface area contributed by atoms with Crippen molar-refractivity contribution in [2.24, 2.45) is 7.05 Å². The smallest absolute Gasteiger partial charge is 0.255 e. The van der Waals surface area contributed by atoms with Gasteiger partial charge in [0, 0.05) is 64.5 Å². The Morgan fingerprint density at radius 1 is 1.16 bits per heavy atom. The second-order valence-electron chi connectivity index (χ2n) is 8.57. The first kappa shape index (κ1) is 20.6. The number of nitrogens with one attached hydrogen (secondary N) is 1. The Hall–Kier alpha value is -3.27. The van der Waals surface area contributed by atoms with Crippen molar-refractivity contribution in [1.82, 2.24) is 24.9 Å². The van der Waals surface area contributed by atoms with E-state index in [1.54, 1.807) is 12.3 Å². The number of benzene rings is 1. The quantitative estimate of drug-likeness (QED) is 0.702. The van der Waals surface area contributed by atoms with Crippen molar-refractivity contribution in [3.8, 4) is 0 Å². The van der Waals surface area contributed by atoms with Gasteiger partial charge in [-0.15, -0.1) is 0 Å². The molecule has 1 aromatic carbocycles. The van der Waals surface area contributed by atoms with Crippen LogP contribution in [0.3, 0.4) is 0 Å². The first-order chi connectivity index (χ1) is 15.4. The molecule has 3 aliphatic heterocycles. The minimum absolute atomic E-state index is 0.194. The van der Waals surface area contributed by atoms with Crippen LogP contribution in [0.25, 0.3) is 0 Å². The maximum atomic E-state index is 15.0. The fraction of sp³-hybridized carbons (Fsp3) is 0.455. The molecule has 168 valence electrons. The van der Waals surface area contributed by atoms with Crippen LogP contribution in [0.5, 0.6) is 0 Å². The van der Waals surface area contributed by atoms with Gasteiger partial charge in [0.05, 0.1) is 11.4 Å². The monoisotopic (exact) mass is 440 g/mol. The number of carbonyl (C=O) groups is 3. The highest BCUT2D eigenvalue weighted by Gasteiger charge is 2.39. The number of nitrogens with zero attached hydrogens (tertiary/aromatic N) is 5. The van der Waals surface area contributed by atoms with Gasteiger partial charge in [-0.05, 0) is 30.2 Å². The van der Waals surface area contributed by atoms with Crippen LogP contribution in [-0.4, -0.2) is 69.5 Å². The molecule has 1 atom stereocenters. The largest absolute Gasteiger partial charge is 0.367 e. The molecule has 3 aliphatic rings. The first-order valence-corrected chi connectivity index (χ1v) is 10.8. The van der Waals surface area contributed by atoms with Crippen molar-refractivity contribution < 1.29 is 18.8 Å². The Balaban J connectivity index is 1.28. The summed E-state index contributed by atoms with van der Waals surface area (Å²) in [6.07, 6.45) is 2.27. The molecule has 0 aliphatic carbocycles. The molecule has 0 saturated carbocycles. The molecule has 2 aromatic rings. The van der Waals surface area contributed by atoms with E-state index in [1.165, 1.54) is 11.0 Å². The van der Waals surface area contributed by atoms with Gasteiger partial charge in [-0.2, -0.15) is 5.10 Å². The van der Waals surface area contributed by atoms with E-state index in [0.717, 1.165) is 25.3 Å². The van der Waals surface area contributed by atoms with Crippen LogP contribution in [0.4, 0.5) is 10.1 Å². The van der Waals surface area contributed by atoms with E-state index in [1.807, 2.05) is 22.7 Å². The Morgan fingerprint density at radius 3 is 2.62 bits per heavy atom. The van der Waals surface area contributed by atoms with Crippen LogP contribution in [0.15, 0.2) is 24.4 Å². The summed E-state index contributed by atoms with van der Waals surface area (Å²) >= 11 is 0. The van der Waals surface area contributed by atoms with E-state index in [4.69, 9.17) is 0 Å². The highest BCUT2D eigenvalue weighted by molar-refractivity contribution is 6.05. The number of hydrogen-bond acceptors (Lipinski definition) is 6. The zero-order chi connectivity index (χ0) is 22.4. The minimum atomic E-state index is -0.699. The number of aromatic nitrogens is 2. The maximum absolute atomic E-state index is 15.0. The van der Waals surface area contributed by atoms with Crippen LogP contribution in [0.1, 0.15) is 34.5 Å². The lowest BCUT2D eigenvalue weighted by molar-refractivity contribution is -0.136. The average Bonchev–Trinajstić information content (AvgIpc) is 3.31. The van der Waals surface area contributed by atoms with Gasteiger partial charge in [0.2, 0.25) is 11.8 Å². The highest BCUT2D eigenvalue weighted by atomic mass is 19.1. The van der Waals surface area contributed by atoms with Gasteiger partial charge in [0.1, 0.15) is 11.9 Å². The Kier molecular flexibility index (Phi) is 5.16. The van der Waals surface area contributed by atoms with Crippen LogP contribution in [-0.2, 0) is 29.7 Å². The predicted octanol–water partition coefficient (Wildman–Crippen LogP) is 0.642. The number of piperazine rings is 1. The number of anilines is 1. The third-order valence-corrected chi connectivity index (χ3v) is 6.61. The summed E-state index contributed by atoms with van der Waals surface area (Å²) in [5, 5.41) is 6.49. The van der Waals surface area contributed by atoms with Gasteiger partial charge >= 0.3 is 0 Å². The first-order valence-electron chi connectivity index (χ1n) is 10.8. The molecule has 0 radical (unpaired) electrons. The van der Waals surface area contributed by atoms with E-state index < -0.39 is 17.8 Å². The summed E-state index contributed by atoms with van der Waals surface area (Å²) in [6, 6.07) is 4.33.